The van der Waals surface area contributed by atoms with Crippen molar-refractivity contribution >= 4 is 35.0 Å². The summed E-state index contributed by atoms with van der Waals surface area (Å²) in [6.07, 6.45) is 0. The van der Waals surface area contributed by atoms with Gasteiger partial charge < -0.3 is 5.32 Å². The first kappa shape index (κ1) is 15.8. The van der Waals surface area contributed by atoms with Crippen LogP contribution in [0.5, 0.6) is 0 Å². The summed E-state index contributed by atoms with van der Waals surface area (Å²) >= 11 is 7.15. The Kier molecular flexibility index (Phi) is 5.20. The van der Waals surface area contributed by atoms with Gasteiger partial charge in [0, 0.05) is 4.90 Å². The average Bonchev–Trinajstić information content (AvgIpc) is 2.44. The zero-order valence-electron chi connectivity index (χ0n) is 11.1. The average molecular weight is 328 g/mol. The Morgan fingerprint density at radius 1 is 1.14 bits per heavy atom. The number of thioether (sulfide) groups is 1. The Hall–Kier alpha value is -1.59. The standard InChI is InChI=1S/C15H12ClF2NOS/c1-9(21-12-5-2-10(17)3-6-12)15(20)19-14-7-4-11(18)8-13(14)16/h2-9H,1H3,(H,19,20)/t9-/m1/s1. The molecule has 1 atom stereocenters. The highest BCUT2D eigenvalue weighted by Crippen LogP contribution is 2.26. The lowest BCUT2D eigenvalue weighted by Crippen LogP contribution is -2.22. The quantitative estimate of drug-likeness (QED) is 0.822. The summed E-state index contributed by atoms with van der Waals surface area (Å²) in [5, 5.41) is 2.37. The molecule has 2 aromatic rings. The van der Waals surface area contributed by atoms with Gasteiger partial charge in [0.1, 0.15) is 11.6 Å². The van der Waals surface area contributed by atoms with Gasteiger partial charge in [-0.1, -0.05) is 11.6 Å². The second kappa shape index (κ2) is 6.91. The molecule has 0 radical (unpaired) electrons. The van der Waals surface area contributed by atoms with Crippen molar-refractivity contribution in [1.82, 2.24) is 0 Å². The Morgan fingerprint density at radius 2 is 1.76 bits per heavy atom. The summed E-state index contributed by atoms with van der Waals surface area (Å²) in [5.41, 5.74) is 0.356. The summed E-state index contributed by atoms with van der Waals surface area (Å²) in [6.45, 7) is 1.72. The van der Waals surface area contributed by atoms with E-state index in [0.717, 1.165) is 11.0 Å². The predicted molar refractivity (Wildman–Crippen MR) is 81.8 cm³/mol. The van der Waals surface area contributed by atoms with E-state index in [4.69, 9.17) is 11.6 Å². The molecule has 110 valence electrons. The number of rotatable bonds is 4. The first-order valence-corrected chi connectivity index (χ1v) is 7.39. The predicted octanol–water partition coefficient (Wildman–Crippen LogP) is 4.74. The summed E-state index contributed by atoms with van der Waals surface area (Å²) < 4.78 is 25.7. The molecule has 0 aromatic heterocycles. The van der Waals surface area contributed by atoms with Crippen LogP contribution in [-0.4, -0.2) is 11.2 Å². The molecule has 1 amide bonds. The van der Waals surface area contributed by atoms with Gasteiger partial charge in [-0.05, 0) is 49.4 Å². The lowest BCUT2D eigenvalue weighted by molar-refractivity contribution is -0.115. The van der Waals surface area contributed by atoms with Crippen molar-refractivity contribution in [2.45, 2.75) is 17.1 Å². The fourth-order valence-corrected chi connectivity index (χ4v) is 2.68. The highest BCUT2D eigenvalue weighted by atomic mass is 35.5. The van der Waals surface area contributed by atoms with Crippen molar-refractivity contribution in [3.05, 3.63) is 59.1 Å². The van der Waals surface area contributed by atoms with E-state index in [1.165, 1.54) is 36.0 Å². The van der Waals surface area contributed by atoms with Gasteiger partial charge in [-0.25, -0.2) is 8.78 Å². The summed E-state index contributed by atoms with van der Waals surface area (Å²) in [4.78, 5) is 12.8. The van der Waals surface area contributed by atoms with Gasteiger partial charge in [-0.3, -0.25) is 4.79 Å². The van der Waals surface area contributed by atoms with E-state index >= 15 is 0 Å². The van der Waals surface area contributed by atoms with Crippen molar-refractivity contribution < 1.29 is 13.6 Å². The second-order valence-electron chi connectivity index (χ2n) is 4.33. The molecule has 21 heavy (non-hydrogen) atoms. The maximum Gasteiger partial charge on any atom is 0.237 e. The molecule has 0 aliphatic heterocycles. The molecule has 0 heterocycles. The van der Waals surface area contributed by atoms with Crippen molar-refractivity contribution in [3.63, 3.8) is 0 Å². The highest BCUT2D eigenvalue weighted by Gasteiger charge is 2.16. The van der Waals surface area contributed by atoms with Crippen molar-refractivity contribution in [3.8, 4) is 0 Å². The number of nitrogens with one attached hydrogen (secondary N) is 1. The topological polar surface area (TPSA) is 29.1 Å². The third-order valence-corrected chi connectivity index (χ3v) is 4.11. The largest absolute Gasteiger partial charge is 0.324 e. The van der Waals surface area contributed by atoms with Crippen LogP contribution in [-0.2, 0) is 4.79 Å². The van der Waals surface area contributed by atoms with Crippen LogP contribution in [0.25, 0.3) is 0 Å². The van der Waals surface area contributed by atoms with Gasteiger partial charge in [0.25, 0.3) is 0 Å². The van der Waals surface area contributed by atoms with Gasteiger partial charge >= 0.3 is 0 Å². The summed E-state index contributed by atoms with van der Waals surface area (Å²) in [6, 6.07) is 9.65. The first-order chi connectivity index (χ1) is 9.95. The molecule has 0 unspecified atom stereocenters. The molecule has 0 aliphatic carbocycles. The maximum absolute atomic E-state index is 12.9. The maximum atomic E-state index is 12.9. The van der Waals surface area contributed by atoms with Crippen LogP contribution in [0.4, 0.5) is 14.5 Å². The number of hydrogen-bond donors (Lipinski definition) is 1. The Bertz CT molecular complexity index is 649. The molecule has 1 N–H and O–H groups in total. The minimum absolute atomic E-state index is 0.141. The van der Waals surface area contributed by atoms with Crippen LogP contribution < -0.4 is 5.32 Å². The van der Waals surface area contributed by atoms with E-state index < -0.39 is 11.1 Å². The van der Waals surface area contributed by atoms with E-state index in [2.05, 4.69) is 5.32 Å². The molecule has 0 aliphatic rings. The van der Waals surface area contributed by atoms with Gasteiger partial charge in [0.2, 0.25) is 5.91 Å². The number of anilines is 1. The molecule has 0 fully saturated rings. The van der Waals surface area contributed by atoms with Crippen LogP contribution in [0, 0.1) is 11.6 Å². The fraction of sp³-hybridized carbons (Fsp3) is 0.133. The Balaban J connectivity index is 2.00. The van der Waals surface area contributed by atoms with Crippen molar-refractivity contribution in [1.29, 1.82) is 0 Å². The molecule has 2 nitrogen and oxygen atoms in total. The van der Waals surface area contributed by atoms with Crippen LogP contribution in [0.15, 0.2) is 47.4 Å². The van der Waals surface area contributed by atoms with Crippen LogP contribution >= 0.6 is 23.4 Å². The van der Waals surface area contributed by atoms with Gasteiger partial charge in [0.15, 0.2) is 0 Å². The number of carbonyl (C=O) groups is 1. The molecule has 6 heteroatoms. The Morgan fingerprint density at radius 3 is 2.38 bits per heavy atom. The van der Waals surface area contributed by atoms with E-state index in [1.807, 2.05) is 0 Å². The molecular weight excluding hydrogens is 316 g/mol. The van der Waals surface area contributed by atoms with Crippen LogP contribution in [0.3, 0.4) is 0 Å². The molecule has 0 spiro atoms. The lowest BCUT2D eigenvalue weighted by atomic mass is 10.3. The van der Waals surface area contributed by atoms with Crippen LogP contribution in [0.2, 0.25) is 5.02 Å². The molecule has 0 saturated heterocycles. The third kappa shape index (κ3) is 4.44. The minimum Gasteiger partial charge on any atom is -0.324 e. The van der Waals surface area contributed by atoms with E-state index in [-0.39, 0.29) is 16.7 Å². The van der Waals surface area contributed by atoms with Gasteiger partial charge in [-0.15, -0.1) is 11.8 Å². The SMILES string of the molecule is C[C@@H](Sc1ccc(F)cc1)C(=O)Nc1ccc(F)cc1Cl. The minimum atomic E-state index is -0.466. The number of carbonyl (C=O) groups excluding carboxylic acids is 1. The van der Waals surface area contributed by atoms with Crippen molar-refractivity contribution in [2.24, 2.45) is 0 Å². The molecule has 2 rings (SSSR count). The monoisotopic (exact) mass is 327 g/mol. The normalized spacial score (nSPS) is 12.0. The number of hydrogen-bond acceptors (Lipinski definition) is 2. The van der Waals surface area contributed by atoms with Gasteiger partial charge in [-0.2, -0.15) is 0 Å². The Labute approximate surface area is 130 Å². The zero-order chi connectivity index (χ0) is 15.4. The fourth-order valence-electron chi connectivity index (χ4n) is 1.60. The summed E-state index contributed by atoms with van der Waals surface area (Å²) in [5.74, 6) is -1.06. The highest BCUT2D eigenvalue weighted by molar-refractivity contribution is 8.00. The van der Waals surface area contributed by atoms with Gasteiger partial charge in [0.05, 0.1) is 16.0 Å². The number of halogens is 3. The number of amides is 1. The number of benzene rings is 2. The van der Waals surface area contributed by atoms with E-state index in [1.54, 1.807) is 19.1 Å². The third-order valence-electron chi connectivity index (χ3n) is 2.68. The van der Waals surface area contributed by atoms with E-state index in [0.29, 0.717) is 5.69 Å². The molecule has 2 aromatic carbocycles. The molecular formula is C15H12ClF2NOS. The second-order valence-corrected chi connectivity index (χ2v) is 6.15. The summed E-state index contributed by atoms with van der Waals surface area (Å²) in [7, 11) is 0. The van der Waals surface area contributed by atoms with E-state index in [9.17, 15) is 13.6 Å². The van der Waals surface area contributed by atoms with Crippen LogP contribution in [0.1, 0.15) is 6.92 Å². The first-order valence-electron chi connectivity index (χ1n) is 6.14. The molecule has 0 saturated carbocycles. The lowest BCUT2D eigenvalue weighted by Gasteiger charge is -2.13. The molecule has 0 bridgehead atoms. The van der Waals surface area contributed by atoms with Crippen molar-refractivity contribution in [2.75, 3.05) is 5.32 Å². The smallest absolute Gasteiger partial charge is 0.237 e. The zero-order valence-corrected chi connectivity index (χ0v) is 12.6.